The molecule has 0 aliphatic rings. The van der Waals surface area contributed by atoms with Crippen molar-refractivity contribution >= 4 is 55.7 Å². The molecule has 6 heterocycles. The normalized spacial score (nSPS) is 11.8. The van der Waals surface area contributed by atoms with Gasteiger partial charge in [0.25, 0.3) is 0 Å². The summed E-state index contributed by atoms with van der Waals surface area (Å²) in [6.07, 6.45) is 0.923. The highest BCUT2D eigenvalue weighted by Gasteiger charge is 2.23. The van der Waals surface area contributed by atoms with Gasteiger partial charge >= 0.3 is 0 Å². The van der Waals surface area contributed by atoms with Crippen LogP contribution in [0, 0.1) is 0 Å². The zero-order valence-corrected chi connectivity index (χ0v) is 40.7. The van der Waals surface area contributed by atoms with Crippen LogP contribution in [0.5, 0.6) is 0 Å². The van der Waals surface area contributed by atoms with E-state index >= 15 is 0 Å². The number of para-hydroxylation sites is 6. The highest BCUT2D eigenvalue weighted by Crippen LogP contribution is 2.35. The summed E-state index contributed by atoms with van der Waals surface area (Å²) >= 11 is 0. The number of nitrogens with zero attached hydrogens (tertiary/aromatic N) is 12. The van der Waals surface area contributed by atoms with Gasteiger partial charge in [-0.25, -0.2) is 39.9 Å². The van der Waals surface area contributed by atoms with Gasteiger partial charge in [0.2, 0.25) is 11.6 Å². The number of rotatable bonds is 10. The van der Waals surface area contributed by atoms with Crippen molar-refractivity contribution in [1.82, 2.24) is 57.8 Å². The molecule has 358 valence electrons. The lowest BCUT2D eigenvalue weighted by Gasteiger charge is -2.10. The Morgan fingerprint density at radius 2 is 0.579 bits per heavy atom. The van der Waals surface area contributed by atoms with Gasteiger partial charge in [0, 0.05) is 35.1 Å². The van der Waals surface area contributed by atoms with E-state index in [0.29, 0.717) is 47.8 Å². The largest absolute Gasteiger partial charge is 0.278 e. The van der Waals surface area contributed by atoms with Crippen molar-refractivity contribution in [2.75, 3.05) is 0 Å². The van der Waals surface area contributed by atoms with Crippen molar-refractivity contribution in [2.45, 2.75) is 12.8 Å². The Kier molecular flexibility index (Phi) is 10.0. The molecule has 15 rings (SSSR count). The van der Waals surface area contributed by atoms with E-state index in [9.17, 15) is 0 Å². The van der Waals surface area contributed by atoms with E-state index in [4.69, 9.17) is 39.9 Å². The average Bonchev–Trinajstić information content (AvgIpc) is 4.34. The molecule has 0 radical (unpaired) electrons. The topological polar surface area (TPSA) is 122 Å². The monoisotopic (exact) mass is 978 g/mol. The predicted molar refractivity (Wildman–Crippen MR) is 300 cm³/mol. The van der Waals surface area contributed by atoms with Crippen molar-refractivity contribution in [2.24, 2.45) is 0 Å². The van der Waals surface area contributed by atoms with E-state index in [-0.39, 0.29) is 0 Å². The van der Waals surface area contributed by atoms with E-state index < -0.39 is 0 Å². The molecule has 76 heavy (non-hydrogen) atoms. The number of imidazole rings is 4. The van der Waals surface area contributed by atoms with Crippen LogP contribution < -0.4 is 0 Å². The first-order valence-electron chi connectivity index (χ1n) is 25.3. The summed E-state index contributed by atoms with van der Waals surface area (Å²) in [5.74, 6) is 5.48. The maximum Gasteiger partial charge on any atom is 0.220 e. The molecule has 6 aromatic heterocycles. The summed E-state index contributed by atoms with van der Waals surface area (Å²) in [6.45, 7) is 0. The molecule has 0 fully saturated rings. The first-order chi connectivity index (χ1) is 37.7. The van der Waals surface area contributed by atoms with Crippen LogP contribution in [-0.4, -0.2) is 57.8 Å². The van der Waals surface area contributed by atoms with Gasteiger partial charge in [-0.1, -0.05) is 176 Å². The molecular weight excluding hydrogens is 937 g/mol. The highest BCUT2D eigenvalue weighted by atomic mass is 15.2. The van der Waals surface area contributed by atoms with Crippen LogP contribution in [0.25, 0.3) is 113 Å². The van der Waals surface area contributed by atoms with E-state index in [1.807, 2.05) is 121 Å². The highest BCUT2D eigenvalue weighted by molar-refractivity contribution is 5.95. The minimum absolute atomic E-state index is 0.462. The lowest BCUT2D eigenvalue weighted by atomic mass is 10.1. The molecular formula is C64H42N12. The molecule has 0 bridgehead atoms. The SMILES string of the molecule is c1ccc(-c2nc(Cc3cccc4c3nc3n(-c5cccc(-n6c7ccccc7n7c8cccc(Cc9nc(-c%10ccccc%10)nc(-c%10ccccc%10)n9)c8nc67)c5)c5ccccc5n43)nc(-c3ccccc3)n2)cc1. The molecule has 9 aromatic carbocycles. The molecule has 0 atom stereocenters. The van der Waals surface area contributed by atoms with Crippen LogP contribution in [-0.2, 0) is 12.8 Å². The summed E-state index contributed by atoms with van der Waals surface area (Å²) < 4.78 is 9.06. The molecule has 0 saturated carbocycles. The lowest BCUT2D eigenvalue weighted by molar-refractivity contribution is 0.935. The van der Waals surface area contributed by atoms with E-state index in [1.54, 1.807) is 0 Å². The molecule has 0 aliphatic carbocycles. The zero-order chi connectivity index (χ0) is 50.1. The zero-order valence-electron chi connectivity index (χ0n) is 40.7. The van der Waals surface area contributed by atoms with Gasteiger partial charge in [0.05, 0.1) is 55.5 Å². The van der Waals surface area contributed by atoms with Gasteiger partial charge in [-0.05, 0) is 65.7 Å². The van der Waals surface area contributed by atoms with Crippen molar-refractivity contribution in [1.29, 1.82) is 0 Å². The van der Waals surface area contributed by atoms with Crippen LogP contribution in [0.2, 0.25) is 0 Å². The number of hydrogen-bond donors (Lipinski definition) is 0. The van der Waals surface area contributed by atoms with E-state index in [2.05, 4.69) is 127 Å². The fraction of sp³-hybridized carbons (Fsp3) is 0.0312. The number of hydrogen-bond acceptors (Lipinski definition) is 8. The predicted octanol–water partition coefficient (Wildman–Crippen LogP) is 13.4. The maximum absolute atomic E-state index is 5.51. The summed E-state index contributed by atoms with van der Waals surface area (Å²) in [7, 11) is 0. The quantitative estimate of drug-likeness (QED) is 0.133. The lowest BCUT2D eigenvalue weighted by Crippen LogP contribution is -2.04. The molecule has 0 unspecified atom stereocenters. The van der Waals surface area contributed by atoms with E-state index in [1.165, 1.54) is 0 Å². The fourth-order valence-electron chi connectivity index (χ4n) is 10.7. The van der Waals surface area contributed by atoms with Gasteiger partial charge in [0.1, 0.15) is 11.6 Å². The number of aromatic nitrogens is 12. The standard InChI is InChI=1S/C64H42N12/c1-5-20-41(21-6-1)59-65-55(66-60(71-59)42-22-7-2-8-23-42)38-45-28-17-36-53-57(45)69-63-73(49-32-13-15-34-51(49)75(53)63)47-30-19-31-48(40-47)74-50-33-14-16-35-52(50)76-54-37-18-29-46(58(54)70-64(74)76)39-56-67-61(43-24-9-3-10-25-43)72-62(68-56)44-26-11-4-12-27-44/h1-37,40H,38-39H2. The smallest absolute Gasteiger partial charge is 0.220 e. The van der Waals surface area contributed by atoms with Crippen molar-refractivity contribution in [3.63, 3.8) is 0 Å². The van der Waals surface area contributed by atoms with Gasteiger partial charge in [0.15, 0.2) is 23.3 Å². The van der Waals surface area contributed by atoms with Gasteiger partial charge in [-0.2, -0.15) is 0 Å². The Morgan fingerprint density at radius 3 is 0.947 bits per heavy atom. The van der Waals surface area contributed by atoms with Crippen LogP contribution in [0.1, 0.15) is 22.8 Å². The van der Waals surface area contributed by atoms with Crippen molar-refractivity contribution in [3.8, 4) is 56.9 Å². The minimum Gasteiger partial charge on any atom is -0.278 e. The van der Waals surface area contributed by atoms with Crippen LogP contribution >= 0.6 is 0 Å². The Morgan fingerprint density at radius 1 is 0.263 bits per heavy atom. The van der Waals surface area contributed by atoms with Gasteiger partial charge < -0.3 is 0 Å². The van der Waals surface area contributed by atoms with E-state index in [0.717, 1.165) is 100 Å². The average molecular weight is 979 g/mol. The third kappa shape index (κ3) is 7.22. The summed E-state index contributed by atoms with van der Waals surface area (Å²) in [6, 6.07) is 78.8. The molecule has 12 heteroatoms. The molecule has 0 saturated heterocycles. The fourth-order valence-corrected chi connectivity index (χ4v) is 10.7. The summed E-state index contributed by atoms with van der Waals surface area (Å²) in [5, 5.41) is 0. The van der Waals surface area contributed by atoms with Gasteiger partial charge in [-0.15, -0.1) is 0 Å². The third-order valence-corrected chi connectivity index (χ3v) is 14.2. The second-order valence-electron chi connectivity index (χ2n) is 18.8. The summed E-state index contributed by atoms with van der Waals surface area (Å²) in [5.41, 5.74) is 15.6. The Bertz CT molecular complexity index is 4280. The molecule has 15 aromatic rings. The second kappa shape index (κ2) is 17.6. The minimum atomic E-state index is 0.462. The van der Waals surface area contributed by atoms with Crippen LogP contribution in [0.15, 0.2) is 231 Å². The first-order valence-corrected chi connectivity index (χ1v) is 25.3. The molecule has 0 amide bonds. The van der Waals surface area contributed by atoms with Gasteiger partial charge in [-0.3, -0.25) is 17.9 Å². The van der Waals surface area contributed by atoms with Crippen LogP contribution in [0.4, 0.5) is 0 Å². The first kappa shape index (κ1) is 43.2. The van der Waals surface area contributed by atoms with Crippen molar-refractivity contribution in [3.05, 3.63) is 253 Å². The Hall–Kier alpha value is -10.5. The Labute approximate surface area is 434 Å². The summed E-state index contributed by atoms with van der Waals surface area (Å²) in [4.78, 5) is 41.1. The molecule has 12 nitrogen and oxygen atoms in total. The maximum atomic E-state index is 5.51. The number of fused-ring (bicyclic) bond motifs is 10. The molecule has 0 N–H and O–H groups in total. The Balaban J connectivity index is 0.855. The third-order valence-electron chi connectivity index (χ3n) is 14.2. The molecule has 0 aliphatic heterocycles. The van der Waals surface area contributed by atoms with Crippen molar-refractivity contribution < 1.29 is 0 Å². The van der Waals surface area contributed by atoms with Crippen LogP contribution in [0.3, 0.4) is 0 Å². The second-order valence-corrected chi connectivity index (χ2v) is 18.8. The number of benzene rings is 9. The molecule has 0 spiro atoms.